The van der Waals surface area contributed by atoms with Crippen molar-refractivity contribution in [2.45, 2.75) is 38.7 Å². The summed E-state index contributed by atoms with van der Waals surface area (Å²) in [6.45, 7) is 4.06. The topological polar surface area (TPSA) is 46.5 Å². The van der Waals surface area contributed by atoms with Crippen molar-refractivity contribution in [3.05, 3.63) is 34.9 Å². The Labute approximate surface area is 108 Å². The molecule has 0 radical (unpaired) electrons. The van der Waals surface area contributed by atoms with E-state index in [4.69, 9.17) is 4.74 Å². The van der Waals surface area contributed by atoms with Gasteiger partial charge in [-0.05, 0) is 48.4 Å². The fraction of sp³-hybridized carbons (Fsp3) is 0.533. The molecule has 1 aromatic carbocycles. The molecular formula is C15H20O3. The van der Waals surface area contributed by atoms with Crippen LogP contribution in [-0.2, 0) is 16.8 Å². The summed E-state index contributed by atoms with van der Waals surface area (Å²) >= 11 is 0. The Bertz CT molecular complexity index is 465. The van der Waals surface area contributed by atoms with E-state index in [0.29, 0.717) is 5.56 Å². The summed E-state index contributed by atoms with van der Waals surface area (Å²) in [5.41, 5.74) is 1.84. The smallest absolute Gasteiger partial charge is 0.337 e. The number of fused-ring (bicyclic) bond motifs is 1. The van der Waals surface area contributed by atoms with Crippen LogP contribution in [0.4, 0.5) is 0 Å². The molecule has 0 saturated heterocycles. The van der Waals surface area contributed by atoms with Gasteiger partial charge in [0, 0.05) is 0 Å². The first kappa shape index (κ1) is 13.1. The molecule has 3 heteroatoms. The lowest BCUT2D eigenvalue weighted by Crippen LogP contribution is -2.36. The lowest BCUT2D eigenvalue weighted by Gasteiger charge is -2.38. The van der Waals surface area contributed by atoms with Gasteiger partial charge in [0.2, 0.25) is 0 Å². The van der Waals surface area contributed by atoms with E-state index in [9.17, 15) is 9.90 Å². The lowest BCUT2D eigenvalue weighted by molar-refractivity contribution is -0.0260. The van der Waals surface area contributed by atoms with E-state index >= 15 is 0 Å². The molecule has 1 N–H and O–H groups in total. The van der Waals surface area contributed by atoms with Crippen LogP contribution >= 0.6 is 0 Å². The van der Waals surface area contributed by atoms with E-state index in [0.717, 1.165) is 30.4 Å². The number of hydrogen-bond donors (Lipinski definition) is 1. The van der Waals surface area contributed by atoms with Gasteiger partial charge in [-0.1, -0.05) is 19.9 Å². The molecule has 0 heterocycles. The molecule has 1 aromatic rings. The number of hydrogen-bond acceptors (Lipinski definition) is 3. The predicted molar refractivity (Wildman–Crippen MR) is 69.5 cm³/mol. The molecule has 0 amide bonds. The average Bonchev–Trinajstić information content (AvgIpc) is 2.37. The monoisotopic (exact) mass is 248 g/mol. The highest BCUT2D eigenvalue weighted by atomic mass is 16.5. The minimum Gasteiger partial charge on any atom is -0.465 e. The van der Waals surface area contributed by atoms with E-state index in [1.165, 1.54) is 7.11 Å². The summed E-state index contributed by atoms with van der Waals surface area (Å²) in [6, 6.07) is 5.47. The first-order chi connectivity index (χ1) is 8.49. The second kappa shape index (κ2) is 4.73. The second-order valence-corrected chi connectivity index (χ2v) is 5.30. The number of ether oxygens (including phenoxy) is 1. The minimum absolute atomic E-state index is 0.167. The van der Waals surface area contributed by atoms with Crippen molar-refractivity contribution in [1.82, 2.24) is 0 Å². The molecule has 0 saturated carbocycles. The van der Waals surface area contributed by atoms with E-state index in [1.807, 2.05) is 26.0 Å². The number of methoxy groups -OCH3 is 1. The van der Waals surface area contributed by atoms with Gasteiger partial charge in [0.1, 0.15) is 0 Å². The molecule has 0 aromatic heterocycles. The maximum Gasteiger partial charge on any atom is 0.337 e. The molecular weight excluding hydrogens is 228 g/mol. The lowest BCUT2D eigenvalue weighted by atomic mass is 9.73. The zero-order valence-corrected chi connectivity index (χ0v) is 11.2. The normalized spacial score (nSPS) is 22.7. The summed E-state index contributed by atoms with van der Waals surface area (Å²) in [5.74, 6) is -0.156. The van der Waals surface area contributed by atoms with Gasteiger partial charge in [0.25, 0.3) is 0 Å². The van der Waals surface area contributed by atoms with Crippen LogP contribution in [-0.4, -0.2) is 18.2 Å². The van der Waals surface area contributed by atoms with Crippen molar-refractivity contribution >= 4 is 5.97 Å². The van der Waals surface area contributed by atoms with Gasteiger partial charge in [-0.25, -0.2) is 4.79 Å². The number of rotatable bonds is 2. The van der Waals surface area contributed by atoms with Crippen molar-refractivity contribution in [3.8, 4) is 0 Å². The molecule has 18 heavy (non-hydrogen) atoms. The number of aliphatic hydroxyl groups is 1. The molecule has 0 aliphatic heterocycles. The highest BCUT2D eigenvalue weighted by molar-refractivity contribution is 5.89. The quantitative estimate of drug-likeness (QED) is 0.818. The fourth-order valence-electron chi connectivity index (χ4n) is 2.75. The maximum atomic E-state index is 11.5. The van der Waals surface area contributed by atoms with Crippen LogP contribution in [0.1, 0.15) is 48.2 Å². The van der Waals surface area contributed by atoms with Crippen molar-refractivity contribution < 1.29 is 14.6 Å². The molecule has 0 spiro atoms. The maximum absolute atomic E-state index is 11.5. The zero-order valence-electron chi connectivity index (χ0n) is 11.2. The SMILES string of the molecule is COC(=O)c1ccc2c(c1)CCC[C@]2(O)C(C)C. The Hall–Kier alpha value is -1.35. The van der Waals surface area contributed by atoms with Crippen LogP contribution in [0.25, 0.3) is 0 Å². The third-order valence-electron chi connectivity index (χ3n) is 3.95. The van der Waals surface area contributed by atoms with Crippen LogP contribution < -0.4 is 0 Å². The number of aryl methyl sites for hydroxylation is 1. The Balaban J connectivity index is 2.46. The van der Waals surface area contributed by atoms with E-state index < -0.39 is 5.60 Å². The minimum atomic E-state index is -0.762. The Morgan fingerprint density at radius 1 is 1.44 bits per heavy atom. The largest absolute Gasteiger partial charge is 0.465 e. The Morgan fingerprint density at radius 2 is 2.17 bits per heavy atom. The van der Waals surface area contributed by atoms with Crippen molar-refractivity contribution in [1.29, 1.82) is 0 Å². The summed E-state index contributed by atoms with van der Waals surface area (Å²) < 4.78 is 4.73. The van der Waals surface area contributed by atoms with Crippen LogP contribution in [0.5, 0.6) is 0 Å². The first-order valence-electron chi connectivity index (χ1n) is 6.43. The van der Waals surface area contributed by atoms with Crippen LogP contribution in [0, 0.1) is 5.92 Å². The molecule has 1 aliphatic rings. The molecule has 0 unspecified atom stereocenters. The highest BCUT2D eigenvalue weighted by Gasteiger charge is 2.37. The molecule has 0 bridgehead atoms. The van der Waals surface area contributed by atoms with E-state index in [2.05, 4.69) is 0 Å². The molecule has 1 aliphatic carbocycles. The third-order valence-corrected chi connectivity index (χ3v) is 3.95. The van der Waals surface area contributed by atoms with E-state index in [-0.39, 0.29) is 11.9 Å². The van der Waals surface area contributed by atoms with Crippen molar-refractivity contribution in [2.24, 2.45) is 5.92 Å². The summed E-state index contributed by atoms with van der Waals surface area (Å²) in [7, 11) is 1.38. The average molecular weight is 248 g/mol. The van der Waals surface area contributed by atoms with Crippen LogP contribution in [0.15, 0.2) is 18.2 Å². The van der Waals surface area contributed by atoms with Gasteiger partial charge in [-0.2, -0.15) is 0 Å². The van der Waals surface area contributed by atoms with Gasteiger partial charge in [-0.3, -0.25) is 0 Å². The molecule has 2 rings (SSSR count). The van der Waals surface area contributed by atoms with E-state index in [1.54, 1.807) is 6.07 Å². The standard InChI is InChI=1S/C15H20O3/c1-10(2)15(17)8-4-5-11-9-12(14(16)18-3)6-7-13(11)15/h6-7,9-10,17H,4-5,8H2,1-3H3/t15-/m0/s1. The predicted octanol–water partition coefficient (Wildman–Crippen LogP) is 2.65. The van der Waals surface area contributed by atoms with Gasteiger partial charge >= 0.3 is 5.97 Å². The van der Waals surface area contributed by atoms with Crippen LogP contribution in [0.3, 0.4) is 0 Å². The van der Waals surface area contributed by atoms with Gasteiger partial charge in [0.15, 0.2) is 0 Å². The first-order valence-corrected chi connectivity index (χ1v) is 6.43. The van der Waals surface area contributed by atoms with Crippen LogP contribution in [0.2, 0.25) is 0 Å². The number of esters is 1. The third kappa shape index (κ3) is 2.03. The molecule has 3 nitrogen and oxygen atoms in total. The Kier molecular flexibility index (Phi) is 3.44. The van der Waals surface area contributed by atoms with Gasteiger partial charge in [-0.15, -0.1) is 0 Å². The fourth-order valence-corrected chi connectivity index (χ4v) is 2.75. The number of carbonyl (C=O) groups is 1. The Morgan fingerprint density at radius 3 is 2.78 bits per heavy atom. The van der Waals surface area contributed by atoms with Crippen molar-refractivity contribution in [2.75, 3.05) is 7.11 Å². The molecule has 98 valence electrons. The molecule has 1 atom stereocenters. The highest BCUT2D eigenvalue weighted by Crippen LogP contribution is 2.40. The second-order valence-electron chi connectivity index (χ2n) is 5.30. The number of benzene rings is 1. The summed E-state index contributed by atoms with van der Waals surface area (Å²) in [5, 5.41) is 10.8. The van der Waals surface area contributed by atoms with Crippen molar-refractivity contribution in [3.63, 3.8) is 0 Å². The summed E-state index contributed by atoms with van der Waals surface area (Å²) in [4.78, 5) is 11.5. The summed E-state index contributed by atoms with van der Waals surface area (Å²) in [6.07, 6.45) is 2.65. The zero-order chi connectivity index (χ0) is 13.3. The van der Waals surface area contributed by atoms with Gasteiger partial charge < -0.3 is 9.84 Å². The molecule has 0 fully saturated rings. The number of carbonyl (C=O) groups excluding carboxylic acids is 1. The van der Waals surface area contributed by atoms with Gasteiger partial charge in [0.05, 0.1) is 18.3 Å².